The Kier molecular flexibility index (Phi) is 12.1. The number of hydrogen-bond donors (Lipinski definition) is 2. The number of amides is 2. The minimum Gasteiger partial charge on any atom is -0.344 e. The zero-order valence-corrected chi connectivity index (χ0v) is 26.7. The van der Waals surface area contributed by atoms with Gasteiger partial charge in [-0.3, -0.25) is 9.59 Å². The smallest absolute Gasteiger partial charge is 0.245 e. The lowest BCUT2D eigenvalue weighted by molar-refractivity contribution is -0.140. The molecule has 0 aliphatic carbocycles. The fourth-order valence-corrected chi connectivity index (χ4v) is 6.22. The Morgan fingerprint density at radius 1 is 0.976 bits per heavy atom. The zero-order chi connectivity index (χ0) is 30.2. The van der Waals surface area contributed by atoms with Gasteiger partial charge in [0, 0.05) is 80.8 Å². The van der Waals surface area contributed by atoms with Crippen molar-refractivity contribution in [1.29, 1.82) is 0 Å². The number of likely N-dealkylation sites (tertiary alicyclic amines) is 1. The number of halogens is 2. The van der Waals surface area contributed by atoms with Crippen molar-refractivity contribution in [3.63, 3.8) is 0 Å². The number of nitrogens with zero attached hydrogens (tertiary/aromatic N) is 4. The molecular weight excluding hydrogens is 571 g/mol. The van der Waals surface area contributed by atoms with Crippen molar-refractivity contribution in [2.45, 2.75) is 57.7 Å². The van der Waals surface area contributed by atoms with Crippen LogP contribution in [0.4, 0.5) is 0 Å². The summed E-state index contributed by atoms with van der Waals surface area (Å²) in [6, 6.07) is 13.8. The van der Waals surface area contributed by atoms with Crippen LogP contribution in [0.25, 0.3) is 0 Å². The van der Waals surface area contributed by atoms with Gasteiger partial charge in [0.1, 0.15) is 6.04 Å². The summed E-state index contributed by atoms with van der Waals surface area (Å²) in [6.07, 6.45) is 2.26. The molecule has 0 radical (unpaired) electrons. The molecule has 2 amide bonds. The first-order valence-corrected chi connectivity index (χ1v) is 15.9. The quantitative estimate of drug-likeness (QED) is 0.393. The number of piperidine rings is 1. The molecule has 0 aromatic heterocycles. The maximum atomic E-state index is 13.9. The Labute approximate surface area is 261 Å². The number of hydrazine groups is 1. The summed E-state index contributed by atoms with van der Waals surface area (Å²) in [5.74, 6) is 0.243. The van der Waals surface area contributed by atoms with E-state index >= 15 is 0 Å². The summed E-state index contributed by atoms with van der Waals surface area (Å²) < 4.78 is 0. The number of piperazine rings is 1. The van der Waals surface area contributed by atoms with Crippen LogP contribution in [0.2, 0.25) is 10.0 Å². The molecule has 2 aliphatic rings. The average molecular weight is 618 g/mol. The second-order valence-electron chi connectivity index (χ2n) is 12.1. The third kappa shape index (κ3) is 9.40. The highest BCUT2D eigenvalue weighted by molar-refractivity contribution is 6.30. The fourth-order valence-electron chi connectivity index (χ4n) is 5.89. The van der Waals surface area contributed by atoms with Gasteiger partial charge in [0.05, 0.1) is 0 Å². The van der Waals surface area contributed by atoms with Crippen molar-refractivity contribution in [2.24, 2.45) is 11.7 Å². The number of hydrogen-bond acceptors (Lipinski definition) is 6. The summed E-state index contributed by atoms with van der Waals surface area (Å²) in [7, 11) is 2.18. The van der Waals surface area contributed by atoms with E-state index in [1.54, 1.807) is 12.1 Å². The van der Waals surface area contributed by atoms with Crippen LogP contribution < -0.4 is 11.1 Å². The Morgan fingerprint density at radius 3 is 2.26 bits per heavy atom. The molecule has 42 heavy (non-hydrogen) atoms. The molecule has 0 saturated carbocycles. The van der Waals surface area contributed by atoms with Gasteiger partial charge >= 0.3 is 0 Å². The molecule has 0 spiro atoms. The van der Waals surface area contributed by atoms with Crippen molar-refractivity contribution in [2.75, 3.05) is 52.9 Å². The predicted octanol–water partition coefficient (Wildman–Crippen LogP) is 4.22. The molecule has 2 aromatic rings. The number of carbonyl (C=O) groups is 2. The van der Waals surface area contributed by atoms with E-state index < -0.39 is 12.1 Å². The van der Waals surface area contributed by atoms with Gasteiger partial charge in [0.25, 0.3) is 0 Å². The summed E-state index contributed by atoms with van der Waals surface area (Å²) in [5.41, 5.74) is 8.05. The Bertz CT molecular complexity index is 1160. The van der Waals surface area contributed by atoms with Gasteiger partial charge in [-0.2, -0.15) is 0 Å². The molecule has 2 saturated heterocycles. The van der Waals surface area contributed by atoms with Crippen LogP contribution in [0.3, 0.4) is 0 Å². The first-order chi connectivity index (χ1) is 20.1. The summed E-state index contributed by atoms with van der Waals surface area (Å²) >= 11 is 12.2. The molecule has 2 heterocycles. The van der Waals surface area contributed by atoms with Gasteiger partial charge in [-0.25, -0.2) is 10.0 Å². The van der Waals surface area contributed by atoms with Crippen LogP contribution in [0.15, 0.2) is 48.5 Å². The largest absolute Gasteiger partial charge is 0.344 e. The predicted molar refractivity (Wildman–Crippen MR) is 170 cm³/mol. The molecular formula is C32H46Cl2N6O2. The van der Waals surface area contributed by atoms with Crippen molar-refractivity contribution in [3.05, 3.63) is 69.7 Å². The van der Waals surface area contributed by atoms with E-state index in [4.69, 9.17) is 28.9 Å². The average Bonchev–Trinajstić information content (AvgIpc) is 2.97. The van der Waals surface area contributed by atoms with Gasteiger partial charge in [-0.1, -0.05) is 61.3 Å². The number of carbonyl (C=O) groups excluding carboxylic acids is 2. The number of nitrogens with one attached hydrogen (secondary N) is 1. The first-order valence-electron chi connectivity index (χ1n) is 15.1. The standard InChI is InChI=1S/C32H46Cl2N6O2/c1-23(2)22-40(39-17-15-37(3)16-18-39)28-11-13-38(14-12-28)32(42)30(19-24-7-9-26(33)10-8-24)36-31(41)21-29(35)25-5-4-6-27(34)20-25/h4-10,20,23,28-30H,11-19,21-22,35H2,1-3H3,(H,36,41)/t29-,30-/m1/s1. The van der Waals surface area contributed by atoms with Crippen LogP contribution in [-0.4, -0.2) is 96.6 Å². The van der Waals surface area contributed by atoms with E-state index in [1.807, 2.05) is 41.3 Å². The van der Waals surface area contributed by atoms with E-state index in [0.717, 1.165) is 56.7 Å². The SMILES string of the molecule is CC(C)CN(C1CCN(C(=O)[C@@H](Cc2ccc(Cl)cc2)NC(=O)C[C@@H](N)c2cccc(Cl)c2)CC1)N1CCN(C)CC1. The Balaban J connectivity index is 1.41. The van der Waals surface area contributed by atoms with Crippen molar-refractivity contribution in [1.82, 2.24) is 25.1 Å². The molecule has 8 nitrogen and oxygen atoms in total. The van der Waals surface area contributed by atoms with Crippen molar-refractivity contribution >= 4 is 35.0 Å². The highest BCUT2D eigenvalue weighted by Gasteiger charge is 2.34. The van der Waals surface area contributed by atoms with Gasteiger partial charge in [-0.05, 0) is 61.2 Å². The van der Waals surface area contributed by atoms with Crippen LogP contribution in [0.1, 0.15) is 50.3 Å². The maximum absolute atomic E-state index is 13.9. The first kappa shape index (κ1) is 32.7. The van der Waals surface area contributed by atoms with E-state index in [2.05, 4.69) is 41.1 Å². The summed E-state index contributed by atoms with van der Waals surface area (Å²) in [5, 5.41) is 9.31. The van der Waals surface area contributed by atoms with Crippen LogP contribution in [0, 0.1) is 5.92 Å². The second kappa shape index (κ2) is 15.5. The third-order valence-electron chi connectivity index (χ3n) is 8.26. The van der Waals surface area contributed by atoms with E-state index in [0.29, 0.717) is 41.5 Å². The van der Waals surface area contributed by atoms with Crippen molar-refractivity contribution < 1.29 is 9.59 Å². The molecule has 230 valence electrons. The van der Waals surface area contributed by atoms with E-state index in [1.165, 1.54) is 0 Å². The highest BCUT2D eigenvalue weighted by atomic mass is 35.5. The van der Waals surface area contributed by atoms with Gasteiger partial charge in [-0.15, -0.1) is 0 Å². The van der Waals surface area contributed by atoms with Gasteiger partial charge < -0.3 is 20.9 Å². The second-order valence-corrected chi connectivity index (χ2v) is 13.0. The monoisotopic (exact) mass is 616 g/mol. The number of nitrogens with two attached hydrogens (primary N) is 1. The van der Waals surface area contributed by atoms with Crippen LogP contribution in [-0.2, 0) is 16.0 Å². The van der Waals surface area contributed by atoms with E-state index in [-0.39, 0.29) is 18.2 Å². The lowest BCUT2D eigenvalue weighted by Crippen LogP contribution is -2.60. The summed E-state index contributed by atoms with van der Waals surface area (Å²) in [6.45, 7) is 11.1. The Morgan fingerprint density at radius 2 is 1.64 bits per heavy atom. The normalized spacial score (nSPS) is 18.8. The molecule has 2 fully saturated rings. The molecule has 2 atom stereocenters. The highest BCUT2D eigenvalue weighted by Crippen LogP contribution is 2.23. The molecule has 10 heteroatoms. The van der Waals surface area contributed by atoms with Gasteiger partial charge in [0.2, 0.25) is 11.8 Å². The summed E-state index contributed by atoms with van der Waals surface area (Å²) in [4.78, 5) is 31.4. The molecule has 4 rings (SSSR count). The van der Waals surface area contributed by atoms with Crippen molar-refractivity contribution in [3.8, 4) is 0 Å². The van der Waals surface area contributed by atoms with Gasteiger partial charge in [0.15, 0.2) is 0 Å². The lowest BCUT2D eigenvalue weighted by atomic mass is 9.99. The molecule has 3 N–H and O–H groups in total. The van der Waals surface area contributed by atoms with E-state index in [9.17, 15) is 9.59 Å². The molecule has 2 aromatic carbocycles. The number of rotatable bonds is 11. The van der Waals surface area contributed by atoms with Crippen LogP contribution in [0.5, 0.6) is 0 Å². The molecule has 0 unspecified atom stereocenters. The topological polar surface area (TPSA) is 85.1 Å². The number of benzene rings is 2. The third-order valence-corrected chi connectivity index (χ3v) is 8.75. The maximum Gasteiger partial charge on any atom is 0.245 e. The molecule has 0 bridgehead atoms. The lowest BCUT2D eigenvalue weighted by Gasteiger charge is -2.47. The minimum absolute atomic E-state index is 0.0527. The number of likely N-dealkylation sites (N-methyl/N-ethyl adjacent to an activating group) is 1. The Hall–Kier alpha value is -2.20. The fraction of sp³-hybridized carbons (Fsp3) is 0.562. The zero-order valence-electron chi connectivity index (χ0n) is 25.1. The van der Waals surface area contributed by atoms with Crippen LogP contribution >= 0.6 is 23.2 Å². The molecule has 2 aliphatic heterocycles. The minimum atomic E-state index is -0.689.